The van der Waals surface area contributed by atoms with Crippen molar-refractivity contribution in [1.82, 2.24) is 10.2 Å². The van der Waals surface area contributed by atoms with Crippen LogP contribution in [0.3, 0.4) is 0 Å². The summed E-state index contributed by atoms with van der Waals surface area (Å²) in [7, 11) is 1.93. The summed E-state index contributed by atoms with van der Waals surface area (Å²) in [6.45, 7) is 1.94. The highest BCUT2D eigenvalue weighted by Gasteiger charge is 2.22. The van der Waals surface area contributed by atoms with E-state index in [1.807, 2.05) is 24.1 Å². The van der Waals surface area contributed by atoms with Crippen molar-refractivity contribution in [3.63, 3.8) is 0 Å². The molecule has 1 heterocycles. The Labute approximate surface area is 139 Å². The molecule has 4 heteroatoms. The molecule has 1 N–H and O–H groups in total. The van der Waals surface area contributed by atoms with Gasteiger partial charge in [-0.25, -0.2) is 0 Å². The van der Waals surface area contributed by atoms with E-state index in [1.54, 1.807) is 0 Å². The molecular weight excluding hydrogens is 288 g/mol. The average Bonchev–Trinajstić information content (AvgIpc) is 3.25. The van der Waals surface area contributed by atoms with E-state index in [9.17, 15) is 4.79 Å². The number of hydrogen-bond donors (Lipinski definition) is 1. The highest BCUT2D eigenvalue weighted by Crippen LogP contribution is 2.25. The largest absolute Gasteiger partial charge is 0.490 e. The Morgan fingerprint density at radius 2 is 2.13 bits per heavy atom. The molecule has 1 aliphatic carbocycles. The van der Waals surface area contributed by atoms with Gasteiger partial charge in [-0.05, 0) is 62.8 Å². The van der Waals surface area contributed by atoms with Gasteiger partial charge in [-0.15, -0.1) is 0 Å². The lowest BCUT2D eigenvalue weighted by Gasteiger charge is -2.23. The van der Waals surface area contributed by atoms with Crippen LogP contribution < -0.4 is 10.1 Å². The molecule has 1 aromatic rings. The van der Waals surface area contributed by atoms with Crippen LogP contribution in [0.4, 0.5) is 0 Å². The number of hydrogen-bond acceptors (Lipinski definition) is 3. The van der Waals surface area contributed by atoms with Crippen LogP contribution in [0.1, 0.15) is 44.1 Å². The lowest BCUT2D eigenvalue weighted by molar-refractivity contribution is -0.131. The van der Waals surface area contributed by atoms with Gasteiger partial charge in [0.15, 0.2) is 0 Å². The third-order valence-corrected chi connectivity index (χ3v) is 5.11. The molecule has 2 aliphatic rings. The average molecular weight is 316 g/mol. The van der Waals surface area contributed by atoms with E-state index in [-0.39, 0.29) is 5.91 Å². The first-order valence-corrected chi connectivity index (χ1v) is 8.94. The first-order chi connectivity index (χ1) is 11.2. The first-order valence-electron chi connectivity index (χ1n) is 8.94. The minimum atomic E-state index is 0.237. The van der Waals surface area contributed by atoms with Crippen LogP contribution in [0, 0.1) is 0 Å². The van der Waals surface area contributed by atoms with Gasteiger partial charge in [0.1, 0.15) is 5.75 Å². The number of ether oxygens (including phenoxy) is 1. The molecule has 0 bridgehead atoms. The van der Waals surface area contributed by atoms with Gasteiger partial charge in [-0.1, -0.05) is 12.1 Å². The van der Waals surface area contributed by atoms with Gasteiger partial charge in [0.25, 0.3) is 0 Å². The summed E-state index contributed by atoms with van der Waals surface area (Å²) in [6, 6.07) is 8.61. The van der Waals surface area contributed by atoms with Crippen molar-refractivity contribution in [2.45, 2.75) is 57.1 Å². The fourth-order valence-electron chi connectivity index (χ4n) is 3.57. The monoisotopic (exact) mass is 316 g/mol. The molecule has 126 valence electrons. The molecule has 4 nitrogen and oxygen atoms in total. The number of rotatable bonds is 6. The van der Waals surface area contributed by atoms with Crippen molar-refractivity contribution >= 4 is 5.91 Å². The number of likely N-dealkylation sites (N-methyl/N-ethyl adjacent to an activating group) is 1. The summed E-state index contributed by atoms with van der Waals surface area (Å²) >= 11 is 0. The van der Waals surface area contributed by atoms with Crippen molar-refractivity contribution in [3.8, 4) is 5.75 Å². The zero-order valence-electron chi connectivity index (χ0n) is 14.1. The van der Waals surface area contributed by atoms with Crippen molar-refractivity contribution in [1.29, 1.82) is 0 Å². The van der Waals surface area contributed by atoms with Crippen LogP contribution in [0.2, 0.25) is 0 Å². The third-order valence-electron chi connectivity index (χ3n) is 5.11. The van der Waals surface area contributed by atoms with Gasteiger partial charge in [-0.3, -0.25) is 4.79 Å². The summed E-state index contributed by atoms with van der Waals surface area (Å²) in [6.07, 6.45) is 7.69. The SMILES string of the molecule is CN(C(=O)CCc1cccc(OC2CCCC2)c1)C1CCNC1. The minimum Gasteiger partial charge on any atom is -0.490 e. The number of nitrogens with zero attached hydrogens (tertiary/aromatic N) is 1. The second-order valence-corrected chi connectivity index (χ2v) is 6.82. The molecule has 1 aromatic carbocycles. The Morgan fingerprint density at radius 1 is 1.30 bits per heavy atom. The minimum absolute atomic E-state index is 0.237. The van der Waals surface area contributed by atoms with E-state index < -0.39 is 0 Å². The Balaban J connectivity index is 1.50. The van der Waals surface area contributed by atoms with E-state index >= 15 is 0 Å². The lowest BCUT2D eigenvalue weighted by Crippen LogP contribution is -2.38. The van der Waals surface area contributed by atoms with E-state index in [2.05, 4.69) is 17.4 Å². The van der Waals surface area contributed by atoms with Crippen LogP contribution >= 0.6 is 0 Å². The maximum Gasteiger partial charge on any atom is 0.222 e. The molecule has 1 unspecified atom stereocenters. The van der Waals surface area contributed by atoms with E-state index in [4.69, 9.17) is 4.74 Å². The summed E-state index contributed by atoms with van der Waals surface area (Å²) in [5.41, 5.74) is 1.19. The molecule has 2 fully saturated rings. The molecule has 0 spiro atoms. The third kappa shape index (κ3) is 4.47. The number of nitrogens with one attached hydrogen (secondary N) is 1. The fourth-order valence-corrected chi connectivity index (χ4v) is 3.57. The fraction of sp³-hybridized carbons (Fsp3) is 0.632. The lowest BCUT2D eigenvalue weighted by atomic mass is 10.1. The standard InChI is InChI=1S/C19H28N2O2/c1-21(16-11-12-20-14-16)19(22)10-9-15-5-4-8-18(13-15)23-17-6-2-3-7-17/h4-5,8,13,16-17,20H,2-3,6-7,9-12,14H2,1H3. The van der Waals surface area contributed by atoms with E-state index in [0.29, 0.717) is 18.6 Å². The van der Waals surface area contributed by atoms with Crippen molar-refractivity contribution < 1.29 is 9.53 Å². The van der Waals surface area contributed by atoms with E-state index in [1.165, 1.54) is 31.2 Å². The molecule has 0 radical (unpaired) electrons. The molecule has 1 amide bonds. The molecule has 1 aliphatic heterocycles. The van der Waals surface area contributed by atoms with Crippen LogP contribution in [0.25, 0.3) is 0 Å². The number of carbonyl (C=O) groups is 1. The molecule has 1 saturated carbocycles. The van der Waals surface area contributed by atoms with Gasteiger partial charge in [0, 0.05) is 26.1 Å². The molecule has 23 heavy (non-hydrogen) atoms. The molecule has 0 aromatic heterocycles. The zero-order chi connectivity index (χ0) is 16.1. The van der Waals surface area contributed by atoms with Crippen LogP contribution in [0.5, 0.6) is 5.75 Å². The normalized spacial score (nSPS) is 21.5. The van der Waals surface area contributed by atoms with Crippen molar-refractivity contribution in [3.05, 3.63) is 29.8 Å². The summed E-state index contributed by atoms with van der Waals surface area (Å²) in [5.74, 6) is 1.19. The Kier molecular flexibility index (Phi) is 5.55. The van der Waals surface area contributed by atoms with Crippen LogP contribution in [-0.4, -0.2) is 43.1 Å². The van der Waals surface area contributed by atoms with Gasteiger partial charge < -0.3 is 15.0 Å². The Hall–Kier alpha value is -1.55. The van der Waals surface area contributed by atoms with Gasteiger partial charge >= 0.3 is 0 Å². The van der Waals surface area contributed by atoms with Gasteiger partial charge in [0.05, 0.1) is 6.10 Å². The number of amides is 1. The zero-order valence-corrected chi connectivity index (χ0v) is 14.1. The predicted octanol–water partition coefficient (Wildman–Crippen LogP) is 2.76. The maximum atomic E-state index is 12.3. The summed E-state index contributed by atoms with van der Waals surface area (Å²) < 4.78 is 6.05. The summed E-state index contributed by atoms with van der Waals surface area (Å²) in [4.78, 5) is 14.2. The Morgan fingerprint density at radius 3 is 2.87 bits per heavy atom. The highest BCUT2D eigenvalue weighted by atomic mass is 16.5. The smallest absolute Gasteiger partial charge is 0.222 e. The molecule has 3 rings (SSSR count). The first kappa shape index (κ1) is 16.3. The topological polar surface area (TPSA) is 41.6 Å². The van der Waals surface area contributed by atoms with Gasteiger partial charge in [0.2, 0.25) is 5.91 Å². The van der Waals surface area contributed by atoms with Crippen LogP contribution in [0.15, 0.2) is 24.3 Å². The Bertz CT molecular complexity index is 520. The van der Waals surface area contributed by atoms with Crippen molar-refractivity contribution in [2.75, 3.05) is 20.1 Å². The van der Waals surface area contributed by atoms with Gasteiger partial charge in [-0.2, -0.15) is 0 Å². The highest BCUT2D eigenvalue weighted by molar-refractivity contribution is 5.76. The maximum absolute atomic E-state index is 12.3. The second kappa shape index (κ2) is 7.82. The molecular formula is C19H28N2O2. The quantitative estimate of drug-likeness (QED) is 0.877. The van der Waals surface area contributed by atoms with Crippen LogP contribution in [-0.2, 0) is 11.2 Å². The molecule has 1 atom stereocenters. The van der Waals surface area contributed by atoms with Crippen molar-refractivity contribution in [2.24, 2.45) is 0 Å². The number of aryl methyl sites for hydroxylation is 1. The predicted molar refractivity (Wildman–Crippen MR) is 91.7 cm³/mol. The molecule has 1 saturated heterocycles. The number of carbonyl (C=O) groups excluding carboxylic acids is 1. The van der Waals surface area contributed by atoms with E-state index in [0.717, 1.165) is 31.7 Å². The second-order valence-electron chi connectivity index (χ2n) is 6.82. The number of benzene rings is 1. The summed E-state index contributed by atoms with van der Waals surface area (Å²) in [5, 5.41) is 3.31.